The topological polar surface area (TPSA) is 21.6 Å². The van der Waals surface area contributed by atoms with E-state index in [1.54, 1.807) is 0 Å². The lowest BCUT2D eigenvalue weighted by Gasteiger charge is -2.13. The largest absolute Gasteiger partial charge is 0.497 e. The summed E-state index contributed by atoms with van der Waals surface area (Å²) in [7, 11) is 1.41. The summed E-state index contributed by atoms with van der Waals surface area (Å²) in [4.78, 5) is 3.41. The van der Waals surface area contributed by atoms with Gasteiger partial charge in [-0.3, -0.25) is 0 Å². The number of halogens is 7. The molecular formula is C19H16F7NOS. The van der Waals surface area contributed by atoms with E-state index in [9.17, 15) is 30.7 Å². The highest BCUT2D eigenvalue weighted by atomic mass is 32.2. The minimum absolute atomic E-state index is 0.00782. The van der Waals surface area contributed by atoms with Crippen molar-refractivity contribution in [1.82, 2.24) is 0 Å². The van der Waals surface area contributed by atoms with Gasteiger partial charge in [-0.2, -0.15) is 26.3 Å². The number of aliphatic imine (C=N–C) groups is 1. The molecule has 0 aliphatic rings. The Morgan fingerprint density at radius 2 is 1.66 bits per heavy atom. The van der Waals surface area contributed by atoms with E-state index in [1.807, 2.05) is 0 Å². The number of nitrogens with zero attached hydrogens (tertiary/aromatic N) is 1. The lowest BCUT2D eigenvalue weighted by atomic mass is 10.1. The van der Waals surface area contributed by atoms with Crippen LogP contribution >= 0.6 is 11.8 Å². The van der Waals surface area contributed by atoms with Gasteiger partial charge < -0.3 is 4.74 Å². The van der Waals surface area contributed by atoms with Gasteiger partial charge in [-0.1, -0.05) is 12.1 Å². The lowest BCUT2D eigenvalue weighted by Crippen LogP contribution is -2.25. The summed E-state index contributed by atoms with van der Waals surface area (Å²) in [6, 6.07) is 7.55. The molecule has 0 spiro atoms. The highest BCUT2D eigenvalue weighted by Gasteiger charge is 2.36. The van der Waals surface area contributed by atoms with Gasteiger partial charge in [0.2, 0.25) is 0 Å². The molecule has 0 heterocycles. The van der Waals surface area contributed by atoms with Crippen molar-refractivity contribution in [2.45, 2.75) is 30.6 Å². The molecule has 0 N–H and O–H groups in total. The fraction of sp³-hybridized carbons (Fsp3) is 0.316. The molecule has 0 amide bonds. The molecule has 2 aromatic carbocycles. The van der Waals surface area contributed by atoms with Crippen LogP contribution in [0, 0.1) is 12.7 Å². The van der Waals surface area contributed by atoms with E-state index < -0.39 is 41.7 Å². The summed E-state index contributed by atoms with van der Waals surface area (Å²) in [5, 5.41) is 0. The maximum absolute atomic E-state index is 14.2. The first kappa shape index (κ1) is 23.1. The molecule has 0 aliphatic carbocycles. The van der Waals surface area contributed by atoms with Crippen LogP contribution in [-0.4, -0.2) is 30.9 Å². The maximum atomic E-state index is 14.2. The third-order valence-electron chi connectivity index (χ3n) is 3.75. The predicted molar refractivity (Wildman–Crippen MR) is 97.8 cm³/mol. The van der Waals surface area contributed by atoms with Crippen LogP contribution in [-0.2, 0) is 6.42 Å². The average Bonchev–Trinajstić information content (AvgIpc) is 2.61. The second kappa shape index (κ2) is 9.06. The molecular weight excluding hydrogens is 423 g/mol. The van der Waals surface area contributed by atoms with Gasteiger partial charge in [0.15, 0.2) is 0 Å². The standard InChI is InChI=1S/C19H16F7NOS/c1-11-7-14(20)15(9-16(11)29-10-18(21,22)23)27-17(19(24,25)26)8-12-3-5-13(28-2)6-4-12/h3-7,9H,8,10H2,1-2H3. The predicted octanol–water partition coefficient (Wildman–Crippen LogP) is 6.67. The number of methoxy groups -OCH3 is 1. The van der Waals surface area contributed by atoms with E-state index in [1.165, 1.54) is 38.3 Å². The Morgan fingerprint density at radius 3 is 2.17 bits per heavy atom. The zero-order chi connectivity index (χ0) is 21.8. The van der Waals surface area contributed by atoms with Crippen molar-refractivity contribution in [1.29, 1.82) is 0 Å². The van der Waals surface area contributed by atoms with Crippen LogP contribution in [0.1, 0.15) is 11.1 Å². The zero-order valence-corrected chi connectivity index (χ0v) is 16.1. The van der Waals surface area contributed by atoms with Gasteiger partial charge in [0.25, 0.3) is 0 Å². The van der Waals surface area contributed by atoms with Crippen molar-refractivity contribution in [2.75, 3.05) is 12.9 Å². The molecule has 0 bridgehead atoms. The second-order valence-corrected chi connectivity index (χ2v) is 7.07. The normalized spacial score (nSPS) is 12.9. The van der Waals surface area contributed by atoms with E-state index in [0.717, 1.165) is 12.1 Å². The summed E-state index contributed by atoms with van der Waals surface area (Å²) < 4.78 is 96.7. The van der Waals surface area contributed by atoms with Crippen molar-refractivity contribution in [3.8, 4) is 5.75 Å². The van der Waals surface area contributed by atoms with Crippen molar-refractivity contribution >= 4 is 23.2 Å². The monoisotopic (exact) mass is 439 g/mol. The smallest absolute Gasteiger partial charge is 0.429 e. The Labute approximate surface area is 166 Å². The Hall–Kier alpha value is -2.23. The summed E-state index contributed by atoms with van der Waals surface area (Å²) in [5.74, 6) is -1.84. The summed E-state index contributed by atoms with van der Waals surface area (Å²) in [5.41, 5.74) is -1.49. The van der Waals surface area contributed by atoms with E-state index >= 15 is 0 Å². The zero-order valence-electron chi connectivity index (χ0n) is 15.3. The van der Waals surface area contributed by atoms with Crippen LogP contribution in [0.25, 0.3) is 0 Å². The van der Waals surface area contributed by atoms with Crippen LogP contribution in [0.5, 0.6) is 5.75 Å². The van der Waals surface area contributed by atoms with Gasteiger partial charge in [-0.05, 0) is 42.3 Å². The van der Waals surface area contributed by atoms with Crippen molar-refractivity contribution in [2.24, 2.45) is 4.99 Å². The fourth-order valence-electron chi connectivity index (χ4n) is 2.33. The third-order valence-corrected chi connectivity index (χ3v) is 4.97. The number of hydrogen-bond donors (Lipinski definition) is 0. The van der Waals surface area contributed by atoms with Crippen LogP contribution in [0.4, 0.5) is 36.4 Å². The average molecular weight is 439 g/mol. The SMILES string of the molecule is COc1ccc(CC(=Nc2cc(SCC(F)(F)F)c(C)cc2F)C(F)(F)F)cc1. The molecule has 10 heteroatoms. The first-order valence-corrected chi connectivity index (χ1v) is 9.15. The number of hydrogen-bond acceptors (Lipinski definition) is 3. The number of ether oxygens (including phenoxy) is 1. The molecule has 0 aromatic heterocycles. The Morgan fingerprint density at radius 1 is 1.03 bits per heavy atom. The molecule has 0 fully saturated rings. The van der Waals surface area contributed by atoms with Gasteiger partial charge in [-0.25, -0.2) is 9.38 Å². The third kappa shape index (κ3) is 6.95. The molecule has 2 aromatic rings. The summed E-state index contributed by atoms with van der Waals surface area (Å²) in [6.07, 6.45) is -9.96. The van der Waals surface area contributed by atoms with Gasteiger partial charge in [0.1, 0.15) is 23.0 Å². The van der Waals surface area contributed by atoms with Crippen LogP contribution in [0.2, 0.25) is 0 Å². The number of rotatable bonds is 6. The Bertz CT molecular complexity index is 874. The number of aryl methyl sites for hydroxylation is 1. The van der Waals surface area contributed by atoms with E-state index in [4.69, 9.17) is 4.74 Å². The number of thioether (sulfide) groups is 1. The van der Waals surface area contributed by atoms with Gasteiger partial charge in [-0.15, -0.1) is 11.8 Å². The van der Waals surface area contributed by atoms with Crippen LogP contribution < -0.4 is 4.74 Å². The van der Waals surface area contributed by atoms with Crippen molar-refractivity contribution < 1.29 is 35.5 Å². The first-order valence-electron chi connectivity index (χ1n) is 8.16. The van der Waals surface area contributed by atoms with Gasteiger partial charge in [0.05, 0.1) is 12.9 Å². The molecule has 2 rings (SSSR count). The molecule has 0 radical (unpaired) electrons. The minimum atomic E-state index is -4.85. The van der Waals surface area contributed by atoms with Gasteiger partial charge in [0, 0.05) is 11.3 Å². The number of benzene rings is 2. The van der Waals surface area contributed by atoms with Crippen LogP contribution in [0.15, 0.2) is 46.3 Å². The summed E-state index contributed by atoms with van der Waals surface area (Å²) >= 11 is 0.363. The molecule has 0 unspecified atom stereocenters. The first-order chi connectivity index (χ1) is 13.4. The van der Waals surface area contributed by atoms with E-state index in [2.05, 4.69) is 4.99 Å². The summed E-state index contributed by atoms with van der Waals surface area (Å²) in [6.45, 7) is 1.37. The Balaban J connectivity index is 2.38. The Kier molecular flexibility index (Phi) is 7.20. The second-order valence-electron chi connectivity index (χ2n) is 6.05. The molecule has 0 aliphatic heterocycles. The molecule has 29 heavy (non-hydrogen) atoms. The highest BCUT2D eigenvalue weighted by molar-refractivity contribution is 7.99. The van der Waals surface area contributed by atoms with Crippen molar-refractivity contribution in [3.63, 3.8) is 0 Å². The minimum Gasteiger partial charge on any atom is -0.497 e. The maximum Gasteiger partial charge on any atom is 0.429 e. The number of alkyl halides is 6. The van der Waals surface area contributed by atoms with Crippen LogP contribution in [0.3, 0.4) is 0 Å². The van der Waals surface area contributed by atoms with Crippen molar-refractivity contribution in [3.05, 3.63) is 53.3 Å². The molecule has 158 valence electrons. The van der Waals surface area contributed by atoms with E-state index in [0.29, 0.717) is 17.5 Å². The molecule has 0 saturated carbocycles. The molecule has 0 atom stereocenters. The molecule has 0 saturated heterocycles. The van der Waals surface area contributed by atoms with E-state index in [-0.39, 0.29) is 16.0 Å². The molecule has 2 nitrogen and oxygen atoms in total. The lowest BCUT2D eigenvalue weighted by molar-refractivity contribution is -0.105. The quantitative estimate of drug-likeness (QED) is 0.285. The highest BCUT2D eigenvalue weighted by Crippen LogP contribution is 2.34. The fourth-order valence-corrected chi connectivity index (χ4v) is 3.13. The van der Waals surface area contributed by atoms with Gasteiger partial charge >= 0.3 is 12.4 Å².